The van der Waals surface area contributed by atoms with E-state index in [-0.39, 0.29) is 24.9 Å². The summed E-state index contributed by atoms with van der Waals surface area (Å²) in [4.78, 5) is 49.2. The molecule has 3 rings (SSSR count). The summed E-state index contributed by atoms with van der Waals surface area (Å²) < 4.78 is 10.4. The van der Waals surface area contributed by atoms with Gasteiger partial charge in [0.15, 0.2) is 0 Å². The van der Waals surface area contributed by atoms with Crippen LogP contribution in [0, 0.1) is 5.92 Å². The van der Waals surface area contributed by atoms with Crippen LogP contribution in [0.25, 0.3) is 11.1 Å². The SMILES string of the molecule is CC(C)C[C@@H](NC(=O)C(=O)OC(C)(C)C)C(=O)NNC(=O)OCC1c2ccccc2-c2ccccc21. The molecule has 2 aromatic carbocycles. The number of hydrazine groups is 1. The Bertz CT molecular complexity index is 1090. The quantitative estimate of drug-likeness (QED) is 0.321. The summed E-state index contributed by atoms with van der Waals surface area (Å²) in [6.07, 6.45) is -0.598. The fourth-order valence-corrected chi connectivity index (χ4v) is 4.08. The molecule has 0 heterocycles. The van der Waals surface area contributed by atoms with Gasteiger partial charge in [-0.25, -0.2) is 15.0 Å². The van der Waals surface area contributed by atoms with E-state index in [1.54, 1.807) is 20.8 Å². The van der Waals surface area contributed by atoms with E-state index in [0.29, 0.717) is 0 Å². The van der Waals surface area contributed by atoms with E-state index in [4.69, 9.17) is 9.47 Å². The normalized spacial score (nSPS) is 13.3. The molecule has 0 bridgehead atoms. The van der Waals surface area contributed by atoms with Crippen LogP contribution in [0.5, 0.6) is 0 Å². The van der Waals surface area contributed by atoms with E-state index in [2.05, 4.69) is 16.2 Å². The van der Waals surface area contributed by atoms with E-state index < -0.39 is 35.5 Å². The lowest BCUT2D eigenvalue weighted by atomic mass is 9.98. The van der Waals surface area contributed by atoms with Gasteiger partial charge in [0, 0.05) is 5.92 Å². The van der Waals surface area contributed by atoms with Crippen molar-refractivity contribution in [2.75, 3.05) is 6.61 Å². The van der Waals surface area contributed by atoms with Crippen LogP contribution >= 0.6 is 0 Å². The second kappa shape index (κ2) is 11.2. The minimum absolute atomic E-state index is 0.0224. The van der Waals surface area contributed by atoms with Crippen LogP contribution in [0.4, 0.5) is 4.79 Å². The molecule has 192 valence electrons. The van der Waals surface area contributed by atoms with Crippen LogP contribution in [0.1, 0.15) is 58.1 Å². The lowest BCUT2D eigenvalue weighted by Crippen LogP contribution is -2.54. The molecule has 0 radical (unpaired) electrons. The first-order valence-electron chi connectivity index (χ1n) is 11.9. The van der Waals surface area contributed by atoms with Crippen LogP contribution in [-0.2, 0) is 23.9 Å². The Morgan fingerprint density at radius 2 is 1.44 bits per heavy atom. The van der Waals surface area contributed by atoms with Crippen molar-refractivity contribution in [1.82, 2.24) is 16.2 Å². The van der Waals surface area contributed by atoms with Crippen molar-refractivity contribution < 1.29 is 28.7 Å². The number of nitrogens with one attached hydrogen (secondary N) is 3. The average molecular weight is 496 g/mol. The lowest BCUT2D eigenvalue weighted by molar-refractivity contribution is -0.163. The molecule has 0 fully saturated rings. The molecule has 0 unspecified atom stereocenters. The highest BCUT2D eigenvalue weighted by Crippen LogP contribution is 2.44. The van der Waals surface area contributed by atoms with Crippen molar-refractivity contribution in [2.45, 2.75) is 58.6 Å². The Morgan fingerprint density at radius 3 is 1.97 bits per heavy atom. The van der Waals surface area contributed by atoms with E-state index in [1.165, 1.54) is 0 Å². The fourth-order valence-electron chi connectivity index (χ4n) is 4.08. The predicted molar refractivity (Wildman–Crippen MR) is 134 cm³/mol. The Labute approximate surface area is 210 Å². The molecule has 0 aromatic heterocycles. The number of esters is 1. The van der Waals surface area contributed by atoms with Gasteiger partial charge in [0.1, 0.15) is 18.2 Å². The largest absolute Gasteiger partial charge is 0.453 e. The molecule has 2 aromatic rings. The highest BCUT2D eigenvalue weighted by Gasteiger charge is 2.30. The third-order valence-electron chi connectivity index (χ3n) is 5.54. The third kappa shape index (κ3) is 6.84. The Kier molecular flexibility index (Phi) is 8.34. The number of carbonyl (C=O) groups excluding carboxylic acids is 4. The minimum atomic E-state index is -1.09. The molecule has 36 heavy (non-hydrogen) atoms. The van der Waals surface area contributed by atoms with E-state index in [1.807, 2.05) is 62.4 Å². The molecular weight excluding hydrogens is 462 g/mol. The Hall–Kier alpha value is -3.88. The molecule has 1 atom stereocenters. The minimum Gasteiger partial charge on any atom is -0.453 e. The second-order valence-electron chi connectivity index (χ2n) is 10.1. The molecule has 3 N–H and O–H groups in total. The van der Waals surface area contributed by atoms with Crippen molar-refractivity contribution in [3.05, 3.63) is 59.7 Å². The van der Waals surface area contributed by atoms with Gasteiger partial charge in [0.25, 0.3) is 5.91 Å². The summed E-state index contributed by atoms with van der Waals surface area (Å²) >= 11 is 0. The predicted octanol–water partition coefficient (Wildman–Crippen LogP) is 3.43. The Balaban J connectivity index is 1.56. The smallest absolute Gasteiger partial charge is 0.426 e. The zero-order valence-corrected chi connectivity index (χ0v) is 21.2. The number of fused-ring (bicyclic) bond motifs is 3. The molecule has 0 saturated heterocycles. The lowest BCUT2D eigenvalue weighted by Gasteiger charge is -2.22. The first-order chi connectivity index (χ1) is 17.0. The van der Waals surface area contributed by atoms with E-state index >= 15 is 0 Å². The first kappa shape index (κ1) is 26.7. The maximum atomic E-state index is 12.7. The summed E-state index contributed by atoms with van der Waals surface area (Å²) in [5.41, 5.74) is 7.98. The number of hydrogen-bond donors (Lipinski definition) is 3. The summed E-state index contributed by atoms with van der Waals surface area (Å²) in [6, 6.07) is 14.9. The highest BCUT2D eigenvalue weighted by molar-refractivity contribution is 6.33. The molecule has 0 aliphatic heterocycles. The molecule has 3 amide bonds. The molecule has 0 spiro atoms. The van der Waals surface area contributed by atoms with Crippen molar-refractivity contribution in [2.24, 2.45) is 5.92 Å². The number of ether oxygens (including phenoxy) is 2. The van der Waals surface area contributed by atoms with Crippen LogP contribution in [0.15, 0.2) is 48.5 Å². The van der Waals surface area contributed by atoms with Crippen molar-refractivity contribution in [3.63, 3.8) is 0 Å². The molecule has 1 aliphatic rings. The maximum Gasteiger partial charge on any atom is 0.426 e. The first-order valence-corrected chi connectivity index (χ1v) is 11.9. The standard InChI is InChI=1S/C27H33N3O6/c1-16(2)14-22(28-24(32)25(33)36-27(3,4)5)23(31)29-30-26(34)35-15-21-19-12-8-6-10-17(19)18-11-7-9-13-20(18)21/h6-13,16,21-22H,14-15H2,1-5H3,(H,28,32)(H,29,31)(H,30,34)/t22-/m1/s1. The van der Waals surface area contributed by atoms with Gasteiger partial charge in [0.05, 0.1) is 0 Å². The third-order valence-corrected chi connectivity index (χ3v) is 5.54. The highest BCUT2D eigenvalue weighted by atomic mass is 16.6. The number of rotatable bonds is 6. The number of benzene rings is 2. The topological polar surface area (TPSA) is 123 Å². The van der Waals surface area contributed by atoms with Crippen molar-refractivity contribution >= 4 is 23.9 Å². The average Bonchev–Trinajstić information content (AvgIpc) is 3.13. The zero-order valence-electron chi connectivity index (χ0n) is 21.2. The van der Waals surface area contributed by atoms with Gasteiger partial charge >= 0.3 is 18.0 Å². The van der Waals surface area contributed by atoms with Crippen LogP contribution in [-0.4, -0.2) is 42.1 Å². The number of carbonyl (C=O) groups is 4. The second-order valence-corrected chi connectivity index (χ2v) is 10.1. The fraction of sp³-hybridized carbons (Fsp3) is 0.407. The van der Waals surface area contributed by atoms with E-state index in [9.17, 15) is 19.2 Å². The monoisotopic (exact) mass is 495 g/mol. The number of hydrogen-bond acceptors (Lipinski definition) is 6. The summed E-state index contributed by atoms with van der Waals surface area (Å²) in [5.74, 6) is -2.91. The van der Waals surface area contributed by atoms with Gasteiger partial charge in [-0.3, -0.25) is 15.0 Å². The Morgan fingerprint density at radius 1 is 0.889 bits per heavy atom. The molecule has 9 nitrogen and oxygen atoms in total. The van der Waals surface area contributed by atoms with Crippen LogP contribution in [0.3, 0.4) is 0 Å². The molecule has 1 aliphatic carbocycles. The van der Waals surface area contributed by atoms with Crippen molar-refractivity contribution in [1.29, 1.82) is 0 Å². The molecule has 9 heteroatoms. The van der Waals surface area contributed by atoms with E-state index in [0.717, 1.165) is 22.3 Å². The molecule has 0 saturated carbocycles. The van der Waals surface area contributed by atoms with Gasteiger partial charge in [-0.15, -0.1) is 0 Å². The summed E-state index contributed by atoms with van der Waals surface area (Å²) in [6.45, 7) is 8.71. The summed E-state index contributed by atoms with van der Waals surface area (Å²) in [5, 5.41) is 2.38. The summed E-state index contributed by atoms with van der Waals surface area (Å²) in [7, 11) is 0. The van der Waals surface area contributed by atoms with Gasteiger partial charge in [-0.1, -0.05) is 62.4 Å². The van der Waals surface area contributed by atoms with Crippen LogP contribution < -0.4 is 16.2 Å². The van der Waals surface area contributed by atoms with Gasteiger partial charge in [-0.2, -0.15) is 0 Å². The van der Waals surface area contributed by atoms with Crippen LogP contribution in [0.2, 0.25) is 0 Å². The van der Waals surface area contributed by atoms with Gasteiger partial charge in [-0.05, 0) is 55.4 Å². The number of amides is 3. The molecular formula is C27H33N3O6. The van der Waals surface area contributed by atoms with Gasteiger partial charge < -0.3 is 14.8 Å². The van der Waals surface area contributed by atoms with Crippen molar-refractivity contribution in [3.8, 4) is 11.1 Å². The van der Waals surface area contributed by atoms with Gasteiger partial charge in [0.2, 0.25) is 0 Å². The zero-order chi connectivity index (χ0) is 26.5. The maximum absolute atomic E-state index is 12.7.